The Labute approximate surface area is 171 Å². The molecule has 0 bridgehead atoms. The average molecular weight is 391 g/mol. The zero-order chi connectivity index (χ0) is 19.8. The van der Waals surface area contributed by atoms with Gasteiger partial charge in [0.2, 0.25) is 5.91 Å². The zero-order valence-corrected chi connectivity index (χ0v) is 16.6. The van der Waals surface area contributed by atoms with E-state index >= 15 is 0 Å². The van der Waals surface area contributed by atoms with Crippen molar-refractivity contribution in [3.63, 3.8) is 0 Å². The molecule has 2 saturated heterocycles. The molecule has 3 fully saturated rings. The third-order valence-electron chi connectivity index (χ3n) is 7.15. The lowest BCUT2D eigenvalue weighted by Gasteiger charge is -2.48. The van der Waals surface area contributed by atoms with Crippen LogP contribution in [0.4, 0.5) is 4.39 Å². The lowest BCUT2D eigenvalue weighted by Crippen LogP contribution is -2.51. The number of pyridine rings is 1. The molecule has 1 aliphatic carbocycles. The van der Waals surface area contributed by atoms with Gasteiger partial charge >= 0.3 is 0 Å². The van der Waals surface area contributed by atoms with Gasteiger partial charge in [-0.2, -0.15) is 0 Å². The lowest BCUT2D eigenvalue weighted by atomic mass is 9.67. The molecule has 1 aromatic heterocycles. The molecule has 1 aromatic carbocycles. The Balaban J connectivity index is 1.37. The molecule has 3 heterocycles. The number of benzene rings is 1. The Kier molecular flexibility index (Phi) is 4.94. The van der Waals surface area contributed by atoms with Crippen molar-refractivity contribution in [2.24, 2.45) is 17.8 Å². The fraction of sp³-hybridized carbons (Fsp3) is 0.440. The second kappa shape index (κ2) is 7.74. The van der Waals surface area contributed by atoms with Crippen LogP contribution in [0.5, 0.6) is 0 Å². The smallest absolute Gasteiger partial charge is 0.222 e. The van der Waals surface area contributed by atoms with Crippen molar-refractivity contribution in [3.05, 3.63) is 60.2 Å². The van der Waals surface area contributed by atoms with Gasteiger partial charge in [-0.25, -0.2) is 4.39 Å². The van der Waals surface area contributed by atoms with Gasteiger partial charge in [0, 0.05) is 36.7 Å². The molecule has 4 atom stereocenters. The van der Waals surface area contributed by atoms with Gasteiger partial charge in [0.25, 0.3) is 0 Å². The van der Waals surface area contributed by atoms with E-state index in [1.807, 2.05) is 24.4 Å². The number of fused-ring (bicyclic) bond motifs is 2. The lowest BCUT2D eigenvalue weighted by molar-refractivity contribution is -0.133. The van der Waals surface area contributed by atoms with Crippen molar-refractivity contribution in [2.45, 2.75) is 44.6 Å². The largest absolute Gasteiger partial charge is 0.339 e. The minimum absolute atomic E-state index is 0.235. The first-order valence-electron chi connectivity index (χ1n) is 10.9. The van der Waals surface area contributed by atoms with Gasteiger partial charge in [-0.1, -0.05) is 37.1 Å². The summed E-state index contributed by atoms with van der Waals surface area (Å²) in [6, 6.07) is 11.0. The van der Waals surface area contributed by atoms with Crippen molar-refractivity contribution >= 4 is 12.0 Å². The predicted molar refractivity (Wildman–Crippen MR) is 112 cm³/mol. The number of aromatic nitrogens is 1. The fourth-order valence-corrected chi connectivity index (χ4v) is 5.72. The Bertz CT molecular complexity index is 923. The van der Waals surface area contributed by atoms with E-state index in [-0.39, 0.29) is 5.82 Å². The Morgan fingerprint density at radius 1 is 1.07 bits per heavy atom. The standard InChI is InChI=1S/C25H27FN2O/c26-20-6-3-5-17(14-20)18-8-9-21(27-15-18)10-11-23-22-7-2-1-4-19(22)16-28-24(23)12-13-25(28)29/h3,5-6,8-11,14-15,19,22-24H,1-2,4,7,12-13,16H2/b11-10+/t19?,22?,23?,24-/m1/s1. The summed E-state index contributed by atoms with van der Waals surface area (Å²) in [5.41, 5.74) is 2.67. The number of carbonyl (C=O) groups is 1. The molecule has 0 radical (unpaired) electrons. The topological polar surface area (TPSA) is 33.2 Å². The fourth-order valence-electron chi connectivity index (χ4n) is 5.72. The van der Waals surface area contributed by atoms with Gasteiger partial charge in [-0.3, -0.25) is 9.78 Å². The van der Waals surface area contributed by atoms with E-state index in [4.69, 9.17) is 0 Å². The molecular formula is C25H27FN2O. The summed E-state index contributed by atoms with van der Waals surface area (Å²) in [5.74, 6) is 1.89. The second-order valence-electron chi connectivity index (χ2n) is 8.78. The van der Waals surface area contributed by atoms with Crippen molar-refractivity contribution < 1.29 is 9.18 Å². The van der Waals surface area contributed by atoms with Crippen LogP contribution in [0, 0.1) is 23.6 Å². The number of hydrogen-bond donors (Lipinski definition) is 0. The van der Waals surface area contributed by atoms with Crippen LogP contribution in [0.3, 0.4) is 0 Å². The number of nitrogens with zero attached hydrogens (tertiary/aromatic N) is 2. The first-order valence-corrected chi connectivity index (χ1v) is 10.9. The molecule has 1 saturated carbocycles. The molecule has 0 spiro atoms. The molecule has 3 aliphatic rings. The maximum absolute atomic E-state index is 13.5. The van der Waals surface area contributed by atoms with E-state index in [0.717, 1.165) is 29.8 Å². The van der Waals surface area contributed by atoms with Crippen LogP contribution < -0.4 is 0 Å². The van der Waals surface area contributed by atoms with E-state index in [1.165, 1.54) is 37.8 Å². The van der Waals surface area contributed by atoms with E-state index < -0.39 is 0 Å². The zero-order valence-electron chi connectivity index (χ0n) is 16.6. The molecule has 1 amide bonds. The van der Waals surface area contributed by atoms with Crippen LogP contribution in [0.25, 0.3) is 17.2 Å². The highest BCUT2D eigenvalue weighted by Gasteiger charge is 2.47. The molecule has 0 N–H and O–H groups in total. The summed E-state index contributed by atoms with van der Waals surface area (Å²) in [7, 11) is 0. The number of hydrogen-bond acceptors (Lipinski definition) is 2. The van der Waals surface area contributed by atoms with E-state index in [2.05, 4.69) is 22.0 Å². The van der Waals surface area contributed by atoms with Crippen molar-refractivity contribution in [1.82, 2.24) is 9.88 Å². The quantitative estimate of drug-likeness (QED) is 0.710. The highest BCUT2D eigenvalue weighted by molar-refractivity contribution is 5.79. The summed E-state index contributed by atoms with van der Waals surface area (Å²) in [6.07, 6.45) is 13.1. The van der Waals surface area contributed by atoms with Crippen molar-refractivity contribution in [1.29, 1.82) is 0 Å². The van der Waals surface area contributed by atoms with Crippen LogP contribution in [-0.2, 0) is 4.79 Å². The van der Waals surface area contributed by atoms with Crippen molar-refractivity contribution in [3.8, 4) is 11.1 Å². The minimum Gasteiger partial charge on any atom is -0.339 e. The Morgan fingerprint density at radius 3 is 2.79 bits per heavy atom. The monoisotopic (exact) mass is 390 g/mol. The van der Waals surface area contributed by atoms with Gasteiger partial charge in [-0.15, -0.1) is 0 Å². The third-order valence-corrected chi connectivity index (χ3v) is 7.15. The maximum Gasteiger partial charge on any atom is 0.222 e. The Morgan fingerprint density at radius 2 is 1.97 bits per heavy atom. The summed E-state index contributed by atoms with van der Waals surface area (Å²) >= 11 is 0. The summed E-state index contributed by atoms with van der Waals surface area (Å²) in [6.45, 7) is 0.971. The van der Waals surface area contributed by atoms with E-state index in [1.54, 1.807) is 6.07 Å². The summed E-state index contributed by atoms with van der Waals surface area (Å²) in [4.78, 5) is 19.1. The van der Waals surface area contributed by atoms with Crippen LogP contribution in [0.2, 0.25) is 0 Å². The SMILES string of the molecule is O=C1CC[C@@H]2C(/C=C/c3ccc(-c4cccc(F)c4)cn3)C3CCCCC3CN12. The number of amides is 1. The normalized spacial score (nSPS) is 29.1. The van der Waals surface area contributed by atoms with Crippen LogP contribution in [-0.4, -0.2) is 28.4 Å². The van der Waals surface area contributed by atoms with Gasteiger partial charge in [0.05, 0.1) is 5.69 Å². The summed E-state index contributed by atoms with van der Waals surface area (Å²) < 4.78 is 13.5. The molecule has 3 nitrogen and oxygen atoms in total. The van der Waals surface area contributed by atoms with Gasteiger partial charge in [0.15, 0.2) is 0 Å². The molecular weight excluding hydrogens is 363 g/mol. The number of rotatable bonds is 3. The minimum atomic E-state index is -0.235. The molecule has 3 unspecified atom stereocenters. The molecule has 5 rings (SSSR count). The average Bonchev–Trinajstić information content (AvgIpc) is 3.12. The second-order valence-corrected chi connectivity index (χ2v) is 8.78. The highest BCUT2D eigenvalue weighted by atomic mass is 19.1. The van der Waals surface area contributed by atoms with E-state index in [9.17, 15) is 9.18 Å². The number of halogens is 1. The molecule has 29 heavy (non-hydrogen) atoms. The number of carbonyl (C=O) groups excluding carboxylic acids is 1. The third kappa shape index (κ3) is 3.61. The molecule has 2 aromatic rings. The molecule has 2 aliphatic heterocycles. The van der Waals surface area contributed by atoms with Gasteiger partial charge in [0.1, 0.15) is 5.82 Å². The maximum atomic E-state index is 13.5. The first-order chi connectivity index (χ1) is 14.2. The number of piperidine rings is 1. The van der Waals surface area contributed by atoms with Crippen molar-refractivity contribution in [2.75, 3.05) is 6.54 Å². The predicted octanol–water partition coefficient (Wildman–Crippen LogP) is 5.33. The summed E-state index contributed by atoms with van der Waals surface area (Å²) in [5, 5.41) is 0. The Hall–Kier alpha value is -2.49. The molecule has 150 valence electrons. The molecule has 4 heteroatoms. The highest BCUT2D eigenvalue weighted by Crippen LogP contribution is 2.46. The van der Waals surface area contributed by atoms with Gasteiger partial charge in [-0.05, 0) is 60.9 Å². The van der Waals surface area contributed by atoms with Crippen LogP contribution in [0.1, 0.15) is 44.2 Å². The first kappa shape index (κ1) is 18.5. The van der Waals surface area contributed by atoms with E-state index in [0.29, 0.717) is 36.1 Å². The van der Waals surface area contributed by atoms with Crippen LogP contribution >= 0.6 is 0 Å². The van der Waals surface area contributed by atoms with Gasteiger partial charge < -0.3 is 4.90 Å². The van der Waals surface area contributed by atoms with Crippen LogP contribution in [0.15, 0.2) is 48.7 Å².